The number of carbonyl (C=O) groups is 2. The molecular weight excluding hydrogens is 244 g/mol. The summed E-state index contributed by atoms with van der Waals surface area (Å²) in [6, 6.07) is -0.0940. The van der Waals surface area contributed by atoms with Crippen LogP contribution in [0.5, 0.6) is 0 Å². The van der Waals surface area contributed by atoms with Gasteiger partial charge in [0.15, 0.2) is 0 Å². The fourth-order valence-electron chi connectivity index (χ4n) is 2.32. The summed E-state index contributed by atoms with van der Waals surface area (Å²) < 4.78 is 0. The van der Waals surface area contributed by atoms with Crippen molar-refractivity contribution in [1.82, 2.24) is 10.2 Å². The summed E-state index contributed by atoms with van der Waals surface area (Å²) in [5, 5.41) is 11.7. The first kappa shape index (κ1) is 15.5. The smallest absolute Gasteiger partial charge is 0.317 e. The molecule has 0 aromatic carbocycles. The number of amides is 2. The predicted octanol–water partition coefficient (Wildman–Crippen LogP) is 2.09. The monoisotopic (exact) mass is 268 g/mol. The molecule has 0 saturated carbocycles. The van der Waals surface area contributed by atoms with Crippen LogP contribution in [0.3, 0.4) is 0 Å². The van der Waals surface area contributed by atoms with Gasteiger partial charge >= 0.3 is 12.0 Å². The molecule has 108 valence electrons. The fourth-order valence-corrected chi connectivity index (χ4v) is 2.32. The van der Waals surface area contributed by atoms with Gasteiger partial charge in [-0.1, -0.05) is 26.0 Å². The average Bonchev–Trinajstić information content (AvgIpc) is 2.35. The van der Waals surface area contributed by atoms with Gasteiger partial charge in [0.1, 0.15) is 0 Å². The maximum absolute atomic E-state index is 11.9. The van der Waals surface area contributed by atoms with Crippen molar-refractivity contribution >= 4 is 12.0 Å². The molecule has 0 bridgehead atoms. The van der Waals surface area contributed by atoms with E-state index in [-0.39, 0.29) is 18.4 Å². The van der Waals surface area contributed by atoms with E-state index in [0.717, 1.165) is 19.4 Å². The molecule has 19 heavy (non-hydrogen) atoms. The molecule has 5 nitrogen and oxygen atoms in total. The lowest BCUT2D eigenvalue weighted by Crippen LogP contribution is -2.43. The lowest BCUT2D eigenvalue weighted by molar-refractivity contribution is -0.138. The van der Waals surface area contributed by atoms with Crippen LogP contribution in [0, 0.1) is 11.8 Å². The Morgan fingerprint density at radius 3 is 2.63 bits per heavy atom. The molecule has 1 heterocycles. The second-order valence-corrected chi connectivity index (χ2v) is 5.49. The van der Waals surface area contributed by atoms with Crippen LogP contribution in [0.2, 0.25) is 0 Å². The van der Waals surface area contributed by atoms with E-state index in [0.29, 0.717) is 19.0 Å². The van der Waals surface area contributed by atoms with E-state index in [9.17, 15) is 9.59 Å². The van der Waals surface area contributed by atoms with E-state index in [4.69, 9.17) is 5.11 Å². The average molecular weight is 268 g/mol. The topological polar surface area (TPSA) is 69.6 Å². The Hall–Kier alpha value is -1.52. The molecule has 0 unspecified atom stereocenters. The van der Waals surface area contributed by atoms with Crippen molar-refractivity contribution < 1.29 is 14.7 Å². The highest BCUT2D eigenvalue weighted by Crippen LogP contribution is 2.15. The van der Waals surface area contributed by atoms with Gasteiger partial charge in [0.25, 0.3) is 0 Å². The predicted molar refractivity (Wildman–Crippen MR) is 73.9 cm³/mol. The van der Waals surface area contributed by atoms with Crippen LogP contribution in [0.15, 0.2) is 12.2 Å². The van der Waals surface area contributed by atoms with Gasteiger partial charge < -0.3 is 15.3 Å². The molecule has 0 fully saturated rings. The summed E-state index contributed by atoms with van der Waals surface area (Å²) in [7, 11) is 0. The highest BCUT2D eigenvalue weighted by atomic mass is 16.4. The van der Waals surface area contributed by atoms with Gasteiger partial charge in [0.05, 0.1) is 0 Å². The molecular formula is C14H24N2O3. The molecule has 0 radical (unpaired) electrons. The largest absolute Gasteiger partial charge is 0.481 e. The van der Waals surface area contributed by atoms with Gasteiger partial charge in [-0.15, -0.1) is 0 Å². The molecule has 1 rings (SSSR count). The zero-order valence-electron chi connectivity index (χ0n) is 11.8. The molecule has 0 aromatic heterocycles. The summed E-state index contributed by atoms with van der Waals surface area (Å²) in [6.07, 6.45) is 5.85. The Morgan fingerprint density at radius 1 is 1.37 bits per heavy atom. The third-order valence-electron chi connectivity index (χ3n) is 3.16. The minimum atomic E-state index is -0.805. The second-order valence-electron chi connectivity index (χ2n) is 5.49. The van der Waals surface area contributed by atoms with E-state index < -0.39 is 5.97 Å². The van der Waals surface area contributed by atoms with E-state index in [2.05, 4.69) is 25.2 Å². The number of urea groups is 1. The third-order valence-corrected chi connectivity index (χ3v) is 3.16. The lowest BCUT2D eigenvalue weighted by atomic mass is 9.94. The number of rotatable bonds is 6. The molecule has 2 N–H and O–H groups in total. The first-order valence-corrected chi connectivity index (χ1v) is 6.88. The molecule has 1 atom stereocenters. The number of carboxylic acids is 1. The van der Waals surface area contributed by atoms with Crippen molar-refractivity contribution in [1.29, 1.82) is 0 Å². The van der Waals surface area contributed by atoms with Crippen LogP contribution in [-0.4, -0.2) is 41.6 Å². The van der Waals surface area contributed by atoms with Gasteiger partial charge in [-0.25, -0.2) is 4.79 Å². The molecule has 0 aromatic rings. The molecule has 0 spiro atoms. The van der Waals surface area contributed by atoms with Crippen molar-refractivity contribution in [2.75, 3.05) is 19.6 Å². The Labute approximate surface area is 114 Å². The minimum absolute atomic E-state index is 0.00165. The van der Waals surface area contributed by atoms with E-state index in [1.165, 1.54) is 0 Å². The molecule has 0 saturated heterocycles. The van der Waals surface area contributed by atoms with E-state index >= 15 is 0 Å². The Kier molecular flexibility index (Phi) is 6.39. The first-order chi connectivity index (χ1) is 8.99. The molecule has 2 amide bonds. The van der Waals surface area contributed by atoms with Crippen molar-refractivity contribution in [3.8, 4) is 0 Å². The molecule has 0 aliphatic carbocycles. The summed E-state index contributed by atoms with van der Waals surface area (Å²) in [5.74, 6) is -0.373. The number of aliphatic carboxylic acids is 1. The van der Waals surface area contributed by atoms with Crippen LogP contribution < -0.4 is 5.32 Å². The maximum Gasteiger partial charge on any atom is 0.317 e. The van der Waals surface area contributed by atoms with Crippen LogP contribution in [0.25, 0.3) is 0 Å². The van der Waals surface area contributed by atoms with E-state index in [1.54, 1.807) is 4.90 Å². The van der Waals surface area contributed by atoms with Crippen LogP contribution in [0.4, 0.5) is 4.79 Å². The van der Waals surface area contributed by atoms with Gasteiger partial charge in [0.2, 0.25) is 0 Å². The summed E-state index contributed by atoms with van der Waals surface area (Å²) in [4.78, 5) is 24.5. The molecule has 1 aliphatic heterocycles. The number of hydrogen-bond acceptors (Lipinski definition) is 2. The van der Waals surface area contributed by atoms with Crippen molar-refractivity contribution in [3.05, 3.63) is 12.2 Å². The van der Waals surface area contributed by atoms with E-state index in [1.807, 2.05) is 6.08 Å². The summed E-state index contributed by atoms with van der Waals surface area (Å²) >= 11 is 0. The Balaban J connectivity index is 2.39. The quantitative estimate of drug-likeness (QED) is 0.725. The van der Waals surface area contributed by atoms with Crippen LogP contribution >= 0.6 is 0 Å². The van der Waals surface area contributed by atoms with Crippen molar-refractivity contribution in [2.45, 2.75) is 33.1 Å². The van der Waals surface area contributed by atoms with Crippen molar-refractivity contribution in [3.63, 3.8) is 0 Å². The third kappa shape index (κ3) is 6.27. The van der Waals surface area contributed by atoms with Gasteiger partial charge in [0, 0.05) is 26.1 Å². The number of carboxylic acid groups (broad SMARTS) is 1. The Morgan fingerprint density at radius 2 is 2.11 bits per heavy atom. The lowest BCUT2D eigenvalue weighted by Gasteiger charge is -2.25. The number of hydrogen-bond donors (Lipinski definition) is 2. The number of carbonyl (C=O) groups excluding carboxylic acids is 1. The number of nitrogens with one attached hydrogen (secondary N) is 1. The van der Waals surface area contributed by atoms with Gasteiger partial charge in [-0.2, -0.15) is 0 Å². The summed E-state index contributed by atoms with van der Waals surface area (Å²) in [5.41, 5.74) is 0. The minimum Gasteiger partial charge on any atom is -0.481 e. The highest BCUT2D eigenvalue weighted by Gasteiger charge is 2.18. The highest BCUT2D eigenvalue weighted by molar-refractivity contribution is 5.74. The fraction of sp³-hybridized carbons (Fsp3) is 0.714. The number of nitrogens with zero attached hydrogens (tertiary/aromatic N) is 1. The maximum atomic E-state index is 11.9. The standard InChI is InChI=1S/C14H24N2O3/c1-11(2)8-12(9-13(17)18)10-15-14(19)16-6-4-3-5-7-16/h3-4,11-12H,5-10H2,1-2H3,(H,15,19)(H,17,18)/t12-/m0/s1. The molecule has 1 aliphatic rings. The molecule has 5 heteroatoms. The first-order valence-electron chi connectivity index (χ1n) is 6.88. The van der Waals surface area contributed by atoms with Crippen LogP contribution in [0.1, 0.15) is 33.1 Å². The second kappa shape index (κ2) is 7.81. The normalized spacial score (nSPS) is 16.5. The zero-order chi connectivity index (χ0) is 14.3. The van der Waals surface area contributed by atoms with Gasteiger partial charge in [-0.3, -0.25) is 4.79 Å². The Bertz CT molecular complexity index is 340. The SMILES string of the molecule is CC(C)C[C@H](CNC(=O)N1CC=CCC1)CC(=O)O. The van der Waals surface area contributed by atoms with Gasteiger partial charge in [-0.05, 0) is 24.7 Å². The van der Waals surface area contributed by atoms with Crippen molar-refractivity contribution in [2.24, 2.45) is 11.8 Å². The summed E-state index contributed by atoms with van der Waals surface area (Å²) in [6.45, 7) is 5.93. The van der Waals surface area contributed by atoms with Crippen LogP contribution in [-0.2, 0) is 4.79 Å². The zero-order valence-corrected chi connectivity index (χ0v) is 11.8.